The third kappa shape index (κ3) is 4.14. The van der Waals surface area contributed by atoms with Crippen LogP contribution in [-0.4, -0.2) is 59.9 Å². The molecule has 128 valence electrons. The standard InChI is InChI=1S/C18H25N5O/c1-15-4-3-5-17(12-15)23-10-8-22(9-11-23)7-6-19-18(24)16-13-20-21(2)14-16/h3-5,12-14H,6-11H2,1-2H3,(H,19,24). The molecule has 1 saturated heterocycles. The zero-order chi connectivity index (χ0) is 16.9. The number of nitrogens with one attached hydrogen (secondary N) is 1. The van der Waals surface area contributed by atoms with E-state index < -0.39 is 0 Å². The lowest BCUT2D eigenvalue weighted by atomic mass is 10.2. The molecule has 3 rings (SSSR count). The highest BCUT2D eigenvalue weighted by atomic mass is 16.1. The molecule has 0 atom stereocenters. The second kappa shape index (κ2) is 7.49. The first-order chi connectivity index (χ1) is 11.6. The number of hydrogen-bond donors (Lipinski definition) is 1. The maximum absolute atomic E-state index is 12.0. The highest BCUT2D eigenvalue weighted by molar-refractivity contribution is 5.93. The molecule has 0 unspecified atom stereocenters. The van der Waals surface area contributed by atoms with E-state index in [9.17, 15) is 4.79 Å². The molecule has 6 heteroatoms. The predicted molar refractivity (Wildman–Crippen MR) is 95.4 cm³/mol. The van der Waals surface area contributed by atoms with Crippen LogP contribution in [0.15, 0.2) is 36.7 Å². The number of piperazine rings is 1. The van der Waals surface area contributed by atoms with Gasteiger partial charge in [-0.1, -0.05) is 12.1 Å². The van der Waals surface area contributed by atoms with Crippen LogP contribution in [-0.2, 0) is 7.05 Å². The minimum Gasteiger partial charge on any atom is -0.369 e. The van der Waals surface area contributed by atoms with Gasteiger partial charge in [-0.15, -0.1) is 0 Å². The fraction of sp³-hybridized carbons (Fsp3) is 0.444. The number of carbonyl (C=O) groups excluding carboxylic acids is 1. The molecule has 0 radical (unpaired) electrons. The van der Waals surface area contributed by atoms with E-state index in [0.717, 1.165) is 32.7 Å². The van der Waals surface area contributed by atoms with Crippen molar-refractivity contribution in [3.05, 3.63) is 47.8 Å². The maximum atomic E-state index is 12.0. The lowest BCUT2D eigenvalue weighted by molar-refractivity contribution is 0.0947. The van der Waals surface area contributed by atoms with E-state index in [1.807, 2.05) is 7.05 Å². The molecule has 1 aromatic carbocycles. The van der Waals surface area contributed by atoms with E-state index in [1.165, 1.54) is 11.3 Å². The monoisotopic (exact) mass is 327 g/mol. The molecule has 2 heterocycles. The zero-order valence-electron chi connectivity index (χ0n) is 14.4. The summed E-state index contributed by atoms with van der Waals surface area (Å²) in [6.45, 7) is 7.78. The molecule has 1 fully saturated rings. The van der Waals surface area contributed by atoms with Crippen LogP contribution in [0.1, 0.15) is 15.9 Å². The number of nitrogens with zero attached hydrogens (tertiary/aromatic N) is 4. The lowest BCUT2D eigenvalue weighted by Gasteiger charge is -2.36. The number of aromatic nitrogens is 2. The summed E-state index contributed by atoms with van der Waals surface area (Å²) in [5, 5.41) is 6.98. The molecule has 1 aliphatic rings. The normalized spacial score (nSPS) is 15.5. The molecule has 24 heavy (non-hydrogen) atoms. The van der Waals surface area contributed by atoms with Gasteiger partial charge in [-0.25, -0.2) is 0 Å². The smallest absolute Gasteiger partial charge is 0.254 e. The molecule has 1 aliphatic heterocycles. The molecular formula is C18H25N5O. The Bertz CT molecular complexity index is 688. The van der Waals surface area contributed by atoms with Crippen LogP contribution in [0.2, 0.25) is 0 Å². The van der Waals surface area contributed by atoms with Gasteiger partial charge in [0.05, 0.1) is 11.8 Å². The number of rotatable bonds is 5. The third-order valence-corrected chi connectivity index (χ3v) is 4.42. The van der Waals surface area contributed by atoms with Crippen molar-refractivity contribution < 1.29 is 4.79 Å². The largest absolute Gasteiger partial charge is 0.369 e. The Hall–Kier alpha value is -2.34. The Morgan fingerprint density at radius 1 is 1.25 bits per heavy atom. The second-order valence-corrected chi connectivity index (χ2v) is 6.33. The van der Waals surface area contributed by atoms with Crippen molar-refractivity contribution in [3.63, 3.8) is 0 Å². The van der Waals surface area contributed by atoms with E-state index >= 15 is 0 Å². The number of anilines is 1. The van der Waals surface area contributed by atoms with Crippen LogP contribution in [0.4, 0.5) is 5.69 Å². The summed E-state index contributed by atoms with van der Waals surface area (Å²) < 4.78 is 1.64. The second-order valence-electron chi connectivity index (χ2n) is 6.33. The molecule has 1 aromatic heterocycles. The van der Waals surface area contributed by atoms with Gasteiger partial charge in [0, 0.05) is 58.2 Å². The van der Waals surface area contributed by atoms with Crippen LogP contribution in [0.25, 0.3) is 0 Å². The summed E-state index contributed by atoms with van der Waals surface area (Å²) in [5.41, 5.74) is 3.22. The van der Waals surface area contributed by atoms with Crippen molar-refractivity contribution in [2.24, 2.45) is 7.05 Å². The van der Waals surface area contributed by atoms with Crippen molar-refractivity contribution in [2.45, 2.75) is 6.92 Å². The number of amides is 1. The average molecular weight is 327 g/mol. The predicted octanol–water partition coefficient (Wildman–Crippen LogP) is 1.28. The molecular weight excluding hydrogens is 302 g/mol. The van der Waals surface area contributed by atoms with E-state index in [4.69, 9.17) is 0 Å². The first-order valence-corrected chi connectivity index (χ1v) is 8.42. The quantitative estimate of drug-likeness (QED) is 0.899. The van der Waals surface area contributed by atoms with Gasteiger partial charge in [0.1, 0.15) is 0 Å². The molecule has 1 amide bonds. The molecule has 6 nitrogen and oxygen atoms in total. The van der Waals surface area contributed by atoms with Gasteiger partial charge in [-0.3, -0.25) is 14.4 Å². The summed E-state index contributed by atoms with van der Waals surface area (Å²) in [4.78, 5) is 16.8. The molecule has 1 N–H and O–H groups in total. The lowest BCUT2D eigenvalue weighted by Crippen LogP contribution is -2.48. The van der Waals surface area contributed by atoms with Gasteiger partial charge >= 0.3 is 0 Å². The van der Waals surface area contributed by atoms with Crippen molar-refractivity contribution in [2.75, 3.05) is 44.2 Å². The summed E-state index contributed by atoms with van der Waals surface area (Å²) in [6, 6.07) is 8.66. The fourth-order valence-electron chi connectivity index (χ4n) is 3.02. The molecule has 0 spiro atoms. The molecule has 0 saturated carbocycles. The Balaban J connectivity index is 1.40. The Kier molecular flexibility index (Phi) is 5.15. The Morgan fingerprint density at radius 3 is 2.71 bits per heavy atom. The number of hydrogen-bond acceptors (Lipinski definition) is 4. The molecule has 0 bridgehead atoms. The zero-order valence-corrected chi connectivity index (χ0v) is 14.4. The van der Waals surface area contributed by atoms with Gasteiger partial charge in [-0.2, -0.15) is 5.10 Å². The first-order valence-electron chi connectivity index (χ1n) is 8.42. The van der Waals surface area contributed by atoms with Crippen molar-refractivity contribution in [3.8, 4) is 0 Å². The number of benzene rings is 1. The highest BCUT2D eigenvalue weighted by Gasteiger charge is 2.17. The molecule has 2 aromatic rings. The number of aryl methyl sites for hydroxylation is 2. The summed E-state index contributed by atoms with van der Waals surface area (Å²) in [7, 11) is 1.81. The summed E-state index contributed by atoms with van der Waals surface area (Å²) in [5.74, 6) is -0.0542. The summed E-state index contributed by atoms with van der Waals surface area (Å²) in [6.07, 6.45) is 3.33. The van der Waals surface area contributed by atoms with Gasteiger partial charge < -0.3 is 10.2 Å². The van der Waals surface area contributed by atoms with Crippen LogP contribution >= 0.6 is 0 Å². The van der Waals surface area contributed by atoms with Gasteiger partial charge in [0.2, 0.25) is 0 Å². The van der Waals surface area contributed by atoms with Gasteiger partial charge in [0.25, 0.3) is 5.91 Å². The first kappa shape index (κ1) is 16.5. The van der Waals surface area contributed by atoms with Crippen LogP contribution in [0.5, 0.6) is 0 Å². The van der Waals surface area contributed by atoms with Crippen molar-refractivity contribution in [1.82, 2.24) is 20.0 Å². The third-order valence-electron chi connectivity index (χ3n) is 4.42. The van der Waals surface area contributed by atoms with Gasteiger partial charge in [-0.05, 0) is 24.6 Å². The minimum atomic E-state index is -0.0542. The molecule has 0 aliphatic carbocycles. The van der Waals surface area contributed by atoms with E-state index in [2.05, 4.69) is 51.4 Å². The van der Waals surface area contributed by atoms with Gasteiger partial charge in [0.15, 0.2) is 0 Å². The van der Waals surface area contributed by atoms with Crippen LogP contribution < -0.4 is 10.2 Å². The summed E-state index contributed by atoms with van der Waals surface area (Å²) >= 11 is 0. The van der Waals surface area contributed by atoms with Crippen molar-refractivity contribution in [1.29, 1.82) is 0 Å². The van der Waals surface area contributed by atoms with Crippen LogP contribution in [0, 0.1) is 6.92 Å². The van der Waals surface area contributed by atoms with E-state index in [-0.39, 0.29) is 5.91 Å². The fourth-order valence-corrected chi connectivity index (χ4v) is 3.02. The van der Waals surface area contributed by atoms with E-state index in [0.29, 0.717) is 12.1 Å². The maximum Gasteiger partial charge on any atom is 0.254 e. The number of carbonyl (C=O) groups is 1. The van der Waals surface area contributed by atoms with Crippen molar-refractivity contribution >= 4 is 11.6 Å². The Labute approximate surface area is 143 Å². The topological polar surface area (TPSA) is 53.4 Å². The highest BCUT2D eigenvalue weighted by Crippen LogP contribution is 2.17. The van der Waals surface area contributed by atoms with Crippen LogP contribution in [0.3, 0.4) is 0 Å². The SMILES string of the molecule is Cc1cccc(N2CCN(CCNC(=O)c3cnn(C)c3)CC2)c1. The Morgan fingerprint density at radius 2 is 2.04 bits per heavy atom. The van der Waals surface area contributed by atoms with E-state index in [1.54, 1.807) is 17.1 Å². The average Bonchev–Trinajstić information content (AvgIpc) is 3.02. The minimum absolute atomic E-state index is 0.0542.